The highest BCUT2D eigenvalue weighted by Gasteiger charge is 2.55. The fourth-order valence-electron chi connectivity index (χ4n) is 7.60. The first-order valence-electron chi connectivity index (χ1n) is 10.7. The molecular weight excluding hydrogens is 312 g/mol. The van der Waals surface area contributed by atoms with E-state index >= 15 is 0 Å². The second kappa shape index (κ2) is 6.11. The van der Waals surface area contributed by atoms with Crippen molar-refractivity contribution in [2.45, 2.75) is 76.9 Å². The second-order valence-electron chi connectivity index (χ2n) is 9.65. The highest BCUT2D eigenvalue weighted by Crippen LogP contribution is 2.59. The van der Waals surface area contributed by atoms with Crippen molar-refractivity contribution in [2.24, 2.45) is 41.4 Å². The summed E-state index contributed by atoms with van der Waals surface area (Å²) < 4.78 is 5.91. The smallest absolute Gasteiger partial charge is 0.306 e. The van der Waals surface area contributed by atoms with Crippen LogP contribution in [0.25, 0.3) is 0 Å². The summed E-state index contributed by atoms with van der Waals surface area (Å²) in [5.74, 6) is 5.15. The van der Waals surface area contributed by atoms with Gasteiger partial charge in [-0.05, 0) is 86.9 Å². The van der Waals surface area contributed by atoms with Crippen molar-refractivity contribution < 1.29 is 14.6 Å². The van der Waals surface area contributed by atoms with E-state index in [-0.39, 0.29) is 18.2 Å². The standard InChI is InChI=1S/C22H32O3/c1-12-2-9-21(24)25-20-11-19-17-5-3-13-10-14(23)4-6-15(13)16(17)7-8-18(19)22(12)20/h3,12,14-20,22-23H,2,4-11H2,1H3. The van der Waals surface area contributed by atoms with Gasteiger partial charge in [0.05, 0.1) is 6.10 Å². The minimum absolute atomic E-state index is 0.0432. The molecule has 4 fully saturated rings. The second-order valence-corrected chi connectivity index (χ2v) is 9.65. The Labute approximate surface area is 151 Å². The SMILES string of the molecule is CC1CCC(=O)OC2CC3C4CC=C5CC(O)CCC5C4CCC3C12. The Hall–Kier alpha value is -0.830. The van der Waals surface area contributed by atoms with E-state index in [1.807, 2.05) is 0 Å². The normalized spacial score (nSPS) is 52.0. The van der Waals surface area contributed by atoms with Gasteiger partial charge in [-0.3, -0.25) is 4.79 Å². The molecular formula is C22H32O3. The van der Waals surface area contributed by atoms with E-state index in [0.29, 0.717) is 18.3 Å². The number of allylic oxidation sites excluding steroid dienone is 1. The number of aliphatic hydroxyl groups excluding tert-OH is 1. The van der Waals surface area contributed by atoms with Crippen LogP contribution in [0.2, 0.25) is 0 Å². The average molecular weight is 344 g/mol. The van der Waals surface area contributed by atoms with Gasteiger partial charge < -0.3 is 9.84 Å². The number of carbonyl (C=O) groups is 1. The zero-order valence-corrected chi connectivity index (χ0v) is 15.4. The Kier molecular flexibility index (Phi) is 4.00. The molecule has 0 amide bonds. The first kappa shape index (κ1) is 16.4. The average Bonchev–Trinajstić information content (AvgIpc) is 2.90. The minimum atomic E-state index is -0.103. The molecule has 138 valence electrons. The molecule has 0 radical (unpaired) electrons. The summed E-state index contributed by atoms with van der Waals surface area (Å²) in [7, 11) is 0. The first-order valence-corrected chi connectivity index (χ1v) is 10.7. The van der Waals surface area contributed by atoms with Crippen LogP contribution >= 0.6 is 0 Å². The van der Waals surface area contributed by atoms with E-state index in [0.717, 1.165) is 55.3 Å². The van der Waals surface area contributed by atoms with Crippen LogP contribution in [0.15, 0.2) is 11.6 Å². The molecule has 0 spiro atoms. The van der Waals surface area contributed by atoms with E-state index in [9.17, 15) is 9.90 Å². The molecule has 1 heterocycles. The quantitative estimate of drug-likeness (QED) is 0.532. The summed E-state index contributed by atoms with van der Waals surface area (Å²) in [6.45, 7) is 2.36. The number of hydrogen-bond acceptors (Lipinski definition) is 3. The zero-order valence-electron chi connectivity index (χ0n) is 15.4. The minimum Gasteiger partial charge on any atom is -0.462 e. The van der Waals surface area contributed by atoms with Gasteiger partial charge in [0.1, 0.15) is 6.10 Å². The topological polar surface area (TPSA) is 46.5 Å². The predicted molar refractivity (Wildman–Crippen MR) is 95.6 cm³/mol. The van der Waals surface area contributed by atoms with Crippen LogP contribution in [-0.2, 0) is 9.53 Å². The van der Waals surface area contributed by atoms with Crippen molar-refractivity contribution in [3.8, 4) is 0 Å². The molecule has 3 nitrogen and oxygen atoms in total. The van der Waals surface area contributed by atoms with Crippen LogP contribution < -0.4 is 0 Å². The largest absolute Gasteiger partial charge is 0.462 e. The first-order chi connectivity index (χ1) is 12.1. The zero-order chi connectivity index (χ0) is 17.1. The Balaban J connectivity index is 1.40. The van der Waals surface area contributed by atoms with E-state index in [1.165, 1.54) is 25.7 Å². The van der Waals surface area contributed by atoms with Gasteiger partial charge in [-0.1, -0.05) is 18.6 Å². The lowest BCUT2D eigenvalue weighted by Gasteiger charge is -2.49. The van der Waals surface area contributed by atoms with Crippen LogP contribution in [0.3, 0.4) is 0 Å². The molecule has 9 unspecified atom stereocenters. The van der Waals surface area contributed by atoms with Crippen molar-refractivity contribution in [3.63, 3.8) is 0 Å². The molecule has 1 N–H and O–H groups in total. The molecule has 1 aliphatic heterocycles. The summed E-state index contributed by atoms with van der Waals surface area (Å²) >= 11 is 0. The molecule has 3 heteroatoms. The van der Waals surface area contributed by atoms with Crippen molar-refractivity contribution in [2.75, 3.05) is 0 Å². The Morgan fingerprint density at radius 1 is 1.04 bits per heavy atom. The molecule has 0 aromatic rings. The van der Waals surface area contributed by atoms with Crippen molar-refractivity contribution in [3.05, 3.63) is 11.6 Å². The molecule has 4 aliphatic carbocycles. The molecule has 0 aromatic carbocycles. The van der Waals surface area contributed by atoms with Crippen molar-refractivity contribution in [1.29, 1.82) is 0 Å². The summed E-state index contributed by atoms with van der Waals surface area (Å²) in [4.78, 5) is 12.0. The predicted octanol–water partition coefficient (Wildman–Crippen LogP) is 4.10. The van der Waals surface area contributed by atoms with Crippen LogP contribution in [0.5, 0.6) is 0 Å². The number of hydrogen-bond donors (Lipinski definition) is 1. The van der Waals surface area contributed by atoms with Gasteiger partial charge in [-0.2, -0.15) is 0 Å². The van der Waals surface area contributed by atoms with Gasteiger partial charge in [0.25, 0.3) is 0 Å². The number of esters is 1. The highest BCUT2D eigenvalue weighted by molar-refractivity contribution is 5.70. The molecule has 0 aromatic heterocycles. The van der Waals surface area contributed by atoms with E-state index in [1.54, 1.807) is 5.57 Å². The lowest BCUT2D eigenvalue weighted by Crippen LogP contribution is -2.42. The Bertz CT molecular complexity index is 582. The van der Waals surface area contributed by atoms with Gasteiger partial charge in [-0.25, -0.2) is 0 Å². The summed E-state index contributed by atoms with van der Waals surface area (Å²) in [6, 6.07) is 0. The Morgan fingerprint density at radius 2 is 1.88 bits per heavy atom. The molecule has 5 rings (SSSR count). The third-order valence-electron chi connectivity index (χ3n) is 8.58. The van der Waals surface area contributed by atoms with Gasteiger partial charge in [0.15, 0.2) is 0 Å². The number of aliphatic hydroxyl groups is 1. The van der Waals surface area contributed by atoms with Gasteiger partial charge >= 0.3 is 5.97 Å². The summed E-state index contributed by atoms with van der Waals surface area (Å²) in [5.41, 5.74) is 1.56. The van der Waals surface area contributed by atoms with Gasteiger partial charge in [0.2, 0.25) is 0 Å². The third kappa shape index (κ3) is 2.60. The lowest BCUT2D eigenvalue weighted by atomic mass is 9.56. The molecule has 5 aliphatic rings. The Morgan fingerprint density at radius 3 is 2.76 bits per heavy atom. The van der Waals surface area contributed by atoms with E-state index in [2.05, 4.69) is 13.0 Å². The van der Waals surface area contributed by atoms with Gasteiger partial charge in [-0.15, -0.1) is 0 Å². The highest BCUT2D eigenvalue weighted by atomic mass is 16.5. The lowest BCUT2D eigenvalue weighted by molar-refractivity contribution is -0.149. The number of carbonyl (C=O) groups excluding carboxylic acids is 1. The molecule has 9 atom stereocenters. The van der Waals surface area contributed by atoms with Crippen molar-refractivity contribution in [1.82, 2.24) is 0 Å². The van der Waals surface area contributed by atoms with Crippen LogP contribution in [0.1, 0.15) is 64.7 Å². The van der Waals surface area contributed by atoms with Gasteiger partial charge in [0, 0.05) is 12.3 Å². The van der Waals surface area contributed by atoms with Crippen LogP contribution in [0.4, 0.5) is 0 Å². The van der Waals surface area contributed by atoms with E-state index in [4.69, 9.17) is 4.74 Å². The third-order valence-corrected chi connectivity index (χ3v) is 8.58. The monoisotopic (exact) mass is 344 g/mol. The maximum Gasteiger partial charge on any atom is 0.306 e. The fourth-order valence-corrected chi connectivity index (χ4v) is 7.60. The summed E-state index contributed by atoms with van der Waals surface area (Å²) in [6.07, 6.45) is 12.3. The maximum absolute atomic E-state index is 12.0. The molecule has 0 bridgehead atoms. The molecule has 3 saturated carbocycles. The molecule has 25 heavy (non-hydrogen) atoms. The van der Waals surface area contributed by atoms with Crippen LogP contribution in [0, 0.1) is 41.4 Å². The number of ether oxygens (including phenoxy) is 1. The number of rotatable bonds is 0. The fraction of sp³-hybridized carbons (Fsp3) is 0.864. The maximum atomic E-state index is 12.0. The van der Waals surface area contributed by atoms with E-state index < -0.39 is 0 Å². The number of fused-ring (bicyclic) bond motifs is 7. The summed E-state index contributed by atoms with van der Waals surface area (Å²) in [5, 5.41) is 10.0. The van der Waals surface area contributed by atoms with Crippen molar-refractivity contribution >= 4 is 5.97 Å². The van der Waals surface area contributed by atoms with Crippen LogP contribution in [-0.4, -0.2) is 23.3 Å². The molecule has 1 saturated heterocycles.